The van der Waals surface area contributed by atoms with Crippen LogP contribution in [0.4, 0.5) is 0 Å². The van der Waals surface area contributed by atoms with Crippen LogP contribution in [0.2, 0.25) is 0 Å². The fourth-order valence-corrected chi connectivity index (χ4v) is 3.61. The quantitative estimate of drug-likeness (QED) is 0.390. The predicted octanol–water partition coefficient (Wildman–Crippen LogP) is 7.15. The molecule has 0 saturated heterocycles. The van der Waals surface area contributed by atoms with Crippen LogP contribution in [0.3, 0.4) is 0 Å². The van der Waals surface area contributed by atoms with Crippen molar-refractivity contribution in [2.75, 3.05) is 0 Å². The Morgan fingerprint density at radius 1 is 0.870 bits per heavy atom. The van der Waals surface area contributed by atoms with Gasteiger partial charge in [-0.3, -0.25) is 0 Å². The molecule has 0 heterocycles. The molecule has 1 aromatic rings. The third-order valence-corrected chi connectivity index (χ3v) is 4.71. The molecular weight excluding hydrogens is 320 g/mol. The first-order chi connectivity index (χ1) is 10.1. The van der Waals surface area contributed by atoms with E-state index in [4.69, 9.17) is 0 Å². The molecule has 1 aliphatic rings. The van der Waals surface area contributed by atoms with Gasteiger partial charge in [-0.25, -0.2) is 12.1 Å². The molecule has 1 heteroatoms. The fourth-order valence-electron chi connectivity index (χ4n) is 3.61. The smallest absolute Gasteiger partial charge is 0.214 e. The van der Waals surface area contributed by atoms with Crippen molar-refractivity contribution >= 4 is 0 Å². The van der Waals surface area contributed by atoms with Crippen molar-refractivity contribution in [2.45, 2.75) is 68.2 Å². The van der Waals surface area contributed by atoms with Gasteiger partial charge in [0, 0.05) is 5.41 Å². The average Bonchev–Trinajstić information content (AvgIpc) is 3.08. The van der Waals surface area contributed by atoms with Gasteiger partial charge in [-0.2, -0.15) is 18.2 Å². The van der Waals surface area contributed by atoms with Gasteiger partial charge in [-0.1, -0.05) is 73.1 Å². The molecular formula is C22H35Fe+. The van der Waals surface area contributed by atoms with Crippen LogP contribution in [0.5, 0.6) is 0 Å². The van der Waals surface area contributed by atoms with Crippen LogP contribution in [0.1, 0.15) is 68.2 Å². The van der Waals surface area contributed by atoms with E-state index in [0.29, 0.717) is 5.41 Å². The van der Waals surface area contributed by atoms with Crippen LogP contribution in [0.15, 0.2) is 53.6 Å². The monoisotopic (exact) mass is 355 g/mol. The minimum absolute atomic E-state index is 0. The summed E-state index contributed by atoms with van der Waals surface area (Å²) in [6.07, 6.45) is 7.29. The summed E-state index contributed by atoms with van der Waals surface area (Å²) in [7, 11) is 0. The van der Waals surface area contributed by atoms with E-state index >= 15 is 0 Å². The van der Waals surface area contributed by atoms with Crippen molar-refractivity contribution in [1.29, 1.82) is 0 Å². The predicted molar refractivity (Wildman–Crippen MR) is 100 cm³/mol. The summed E-state index contributed by atoms with van der Waals surface area (Å²) in [5, 5.41) is 0. The number of allylic oxidation sites excluding steroid dienone is 4. The molecule has 2 rings (SSSR count). The summed E-state index contributed by atoms with van der Waals surface area (Å²) in [4.78, 5) is 0. The zero-order chi connectivity index (χ0) is 17.0. The van der Waals surface area contributed by atoms with Crippen LogP contribution >= 0.6 is 0 Å². The van der Waals surface area contributed by atoms with E-state index in [2.05, 4.69) is 67.5 Å². The largest absolute Gasteiger partial charge is 2.00 e. The first-order valence-corrected chi connectivity index (χ1v) is 8.70. The van der Waals surface area contributed by atoms with Crippen LogP contribution in [0, 0.1) is 16.2 Å². The second kappa shape index (κ2) is 8.45. The summed E-state index contributed by atoms with van der Waals surface area (Å²) in [5.41, 5.74) is 4.06. The second-order valence-corrected chi connectivity index (χ2v) is 8.45. The zero-order valence-corrected chi connectivity index (χ0v) is 17.4. The Morgan fingerprint density at radius 3 is 1.61 bits per heavy atom. The van der Waals surface area contributed by atoms with E-state index in [-0.39, 0.29) is 27.9 Å². The van der Waals surface area contributed by atoms with Gasteiger partial charge in [0.1, 0.15) is 0 Å². The minimum atomic E-state index is 0. The number of hydrogen-bond donors (Lipinski definition) is 0. The summed E-state index contributed by atoms with van der Waals surface area (Å²) in [6.45, 7) is 18.7. The van der Waals surface area contributed by atoms with Crippen molar-refractivity contribution in [3.8, 4) is 0 Å². The molecule has 0 amide bonds. The van der Waals surface area contributed by atoms with Gasteiger partial charge in [-0.15, -0.1) is 0 Å². The van der Waals surface area contributed by atoms with Gasteiger partial charge in [0.15, 0.2) is 0 Å². The molecule has 0 nitrogen and oxygen atoms in total. The van der Waals surface area contributed by atoms with Crippen molar-refractivity contribution in [2.24, 2.45) is 16.2 Å². The molecule has 0 spiro atoms. The summed E-state index contributed by atoms with van der Waals surface area (Å²) in [6, 6.07) is 10.0. The molecule has 0 unspecified atom stereocenters. The maximum atomic E-state index is 2.47. The van der Waals surface area contributed by atoms with Crippen molar-refractivity contribution < 1.29 is 17.1 Å². The van der Waals surface area contributed by atoms with E-state index in [1.807, 2.05) is 30.3 Å². The minimum Gasteiger partial charge on any atom is -0.214 e. The molecule has 0 radical (unpaired) electrons. The maximum Gasteiger partial charge on any atom is 2.00 e. The van der Waals surface area contributed by atoms with E-state index in [0.717, 1.165) is 0 Å². The molecule has 0 atom stereocenters. The SMILES string of the molecule is CCC1(CC)C=CC(C(C)(C)C)=C1C(C)(C)C.[Fe+2].c1cc[cH-]c1. The second-order valence-electron chi connectivity index (χ2n) is 8.45. The van der Waals surface area contributed by atoms with E-state index in [9.17, 15) is 0 Å². The molecule has 0 N–H and O–H groups in total. The van der Waals surface area contributed by atoms with E-state index in [1.165, 1.54) is 12.8 Å². The number of hydrogen-bond acceptors (Lipinski definition) is 0. The third kappa shape index (κ3) is 5.44. The summed E-state index contributed by atoms with van der Waals surface area (Å²) >= 11 is 0. The Kier molecular flexibility index (Phi) is 8.21. The van der Waals surface area contributed by atoms with Gasteiger partial charge in [-0.05, 0) is 29.2 Å². The molecule has 130 valence electrons. The van der Waals surface area contributed by atoms with Crippen molar-refractivity contribution in [1.82, 2.24) is 0 Å². The Bertz CT molecular complexity index is 480. The molecule has 1 aromatic carbocycles. The Labute approximate surface area is 155 Å². The van der Waals surface area contributed by atoms with E-state index in [1.54, 1.807) is 11.1 Å². The first-order valence-electron chi connectivity index (χ1n) is 8.70. The van der Waals surface area contributed by atoms with Crippen molar-refractivity contribution in [3.05, 3.63) is 53.6 Å². The normalized spacial score (nSPS) is 16.7. The first kappa shape index (κ1) is 22.3. The van der Waals surface area contributed by atoms with Gasteiger partial charge < -0.3 is 0 Å². The summed E-state index contributed by atoms with van der Waals surface area (Å²) in [5.74, 6) is 0. The topological polar surface area (TPSA) is 0 Å². The molecule has 0 fully saturated rings. The Balaban J connectivity index is 0.000000684. The van der Waals surface area contributed by atoms with Crippen LogP contribution in [-0.2, 0) is 17.1 Å². The van der Waals surface area contributed by atoms with Gasteiger partial charge in [0.2, 0.25) is 0 Å². The average molecular weight is 355 g/mol. The number of rotatable bonds is 2. The maximum absolute atomic E-state index is 2.47. The Hall–Kier alpha value is -0.651. The molecule has 0 saturated carbocycles. The standard InChI is InChI=1S/C17H30.C5H5.Fe/c1-9-17(10-2)12-11-13(15(3,4)5)14(17)16(6,7)8;1-2-4-5-3-1;/h11-12H,9-10H2,1-8H3;1-5H;/q;-1;+2. The fraction of sp³-hybridized carbons (Fsp3) is 0.591. The molecule has 23 heavy (non-hydrogen) atoms. The molecule has 0 aliphatic heterocycles. The molecule has 1 aliphatic carbocycles. The Morgan fingerprint density at radius 2 is 1.35 bits per heavy atom. The van der Waals surface area contributed by atoms with Crippen molar-refractivity contribution in [3.63, 3.8) is 0 Å². The molecule has 0 aromatic heterocycles. The third-order valence-electron chi connectivity index (χ3n) is 4.71. The zero-order valence-electron chi connectivity index (χ0n) is 16.3. The van der Waals surface area contributed by atoms with Crippen LogP contribution in [-0.4, -0.2) is 0 Å². The van der Waals surface area contributed by atoms with Gasteiger partial charge in [0.05, 0.1) is 0 Å². The van der Waals surface area contributed by atoms with Crippen LogP contribution < -0.4 is 0 Å². The van der Waals surface area contributed by atoms with Gasteiger partial charge >= 0.3 is 17.1 Å². The molecule has 0 bridgehead atoms. The van der Waals surface area contributed by atoms with Crippen LogP contribution in [0.25, 0.3) is 0 Å². The van der Waals surface area contributed by atoms with E-state index < -0.39 is 0 Å². The van der Waals surface area contributed by atoms with Gasteiger partial charge in [0.25, 0.3) is 0 Å². The summed E-state index contributed by atoms with van der Waals surface area (Å²) < 4.78 is 0.